The van der Waals surface area contributed by atoms with Crippen molar-refractivity contribution in [3.8, 4) is 11.3 Å². The third kappa shape index (κ3) is 4.08. The normalized spacial score (nSPS) is 21.1. The predicted molar refractivity (Wildman–Crippen MR) is 124 cm³/mol. The number of carbonyl (C=O) groups is 1. The molecular formula is C24H28N4O2S. The van der Waals surface area contributed by atoms with E-state index in [-0.39, 0.29) is 18.1 Å². The number of nitrogens with zero attached hydrogens (tertiary/aromatic N) is 4. The van der Waals surface area contributed by atoms with Crippen LogP contribution in [0.1, 0.15) is 36.5 Å². The van der Waals surface area contributed by atoms with Gasteiger partial charge in [0.1, 0.15) is 0 Å². The smallest absolute Gasteiger partial charge is 0.255 e. The van der Waals surface area contributed by atoms with Crippen LogP contribution in [0.25, 0.3) is 22.3 Å². The predicted octanol–water partition coefficient (Wildman–Crippen LogP) is 4.24. The van der Waals surface area contributed by atoms with Gasteiger partial charge >= 0.3 is 0 Å². The summed E-state index contributed by atoms with van der Waals surface area (Å²) >= 11 is 1.93. The lowest BCUT2D eigenvalue weighted by Crippen LogP contribution is -2.44. The molecule has 2 aliphatic rings. The van der Waals surface area contributed by atoms with Crippen LogP contribution in [0.3, 0.4) is 0 Å². The van der Waals surface area contributed by atoms with Crippen molar-refractivity contribution in [2.24, 2.45) is 0 Å². The molecule has 0 unspecified atom stereocenters. The minimum Gasteiger partial charge on any atom is -0.376 e. The van der Waals surface area contributed by atoms with Crippen molar-refractivity contribution < 1.29 is 9.53 Å². The lowest BCUT2D eigenvalue weighted by molar-refractivity contribution is 0.0443. The number of benzene rings is 1. The molecule has 0 saturated carbocycles. The number of aromatic nitrogens is 3. The van der Waals surface area contributed by atoms with Crippen LogP contribution in [0, 0.1) is 0 Å². The summed E-state index contributed by atoms with van der Waals surface area (Å²) in [6, 6.07) is 12.3. The van der Waals surface area contributed by atoms with Crippen molar-refractivity contribution in [1.82, 2.24) is 19.7 Å². The number of pyridine rings is 1. The van der Waals surface area contributed by atoms with Crippen molar-refractivity contribution in [1.29, 1.82) is 0 Å². The molecule has 2 aliphatic heterocycles. The molecule has 2 saturated heterocycles. The molecule has 2 fully saturated rings. The van der Waals surface area contributed by atoms with Crippen molar-refractivity contribution in [3.05, 3.63) is 48.2 Å². The number of carbonyl (C=O) groups excluding carboxylic acids is 1. The monoisotopic (exact) mass is 436 g/mol. The maximum Gasteiger partial charge on any atom is 0.255 e. The first-order chi connectivity index (χ1) is 15.2. The Bertz CT molecular complexity index is 1060. The van der Waals surface area contributed by atoms with E-state index in [1.165, 1.54) is 0 Å². The number of fused-ring (bicyclic) bond motifs is 1. The number of amides is 1. The molecule has 31 heavy (non-hydrogen) atoms. The fraction of sp³-hybridized carbons (Fsp3) is 0.458. The molecule has 6 nitrogen and oxygen atoms in total. The molecule has 1 amide bonds. The average molecular weight is 437 g/mol. The molecule has 5 rings (SSSR count). The van der Waals surface area contributed by atoms with Gasteiger partial charge in [0.15, 0.2) is 5.65 Å². The summed E-state index contributed by atoms with van der Waals surface area (Å²) in [7, 11) is 0. The highest BCUT2D eigenvalue weighted by Gasteiger charge is 2.32. The van der Waals surface area contributed by atoms with E-state index >= 15 is 0 Å². The molecule has 2 aromatic heterocycles. The van der Waals surface area contributed by atoms with E-state index in [0.717, 1.165) is 59.7 Å². The lowest BCUT2D eigenvalue weighted by Gasteiger charge is -2.31. The van der Waals surface area contributed by atoms with E-state index in [0.29, 0.717) is 18.7 Å². The number of hydrogen-bond donors (Lipinski definition) is 0. The van der Waals surface area contributed by atoms with Gasteiger partial charge in [-0.2, -0.15) is 16.9 Å². The summed E-state index contributed by atoms with van der Waals surface area (Å²) in [4.78, 5) is 21.0. The second-order valence-electron chi connectivity index (χ2n) is 8.23. The summed E-state index contributed by atoms with van der Waals surface area (Å²) in [5.41, 5.74) is 3.28. The van der Waals surface area contributed by atoms with Crippen LogP contribution in [0.4, 0.5) is 0 Å². The zero-order chi connectivity index (χ0) is 21.2. The Labute approximate surface area is 187 Å². The summed E-state index contributed by atoms with van der Waals surface area (Å²) in [5.74, 6) is 2.17. The molecule has 3 aromatic rings. The van der Waals surface area contributed by atoms with Crippen LogP contribution in [-0.2, 0) is 11.3 Å². The van der Waals surface area contributed by atoms with Gasteiger partial charge in [0.05, 0.1) is 28.9 Å². The average Bonchev–Trinajstić information content (AvgIpc) is 3.58. The van der Waals surface area contributed by atoms with Gasteiger partial charge in [-0.15, -0.1) is 0 Å². The molecule has 162 valence electrons. The zero-order valence-corrected chi connectivity index (χ0v) is 18.7. The molecule has 2 atom stereocenters. The molecular weight excluding hydrogens is 408 g/mol. The Morgan fingerprint density at radius 2 is 2.16 bits per heavy atom. The molecule has 0 aliphatic carbocycles. The summed E-state index contributed by atoms with van der Waals surface area (Å²) in [6.07, 6.45) is 5.07. The van der Waals surface area contributed by atoms with Crippen LogP contribution in [0.15, 0.2) is 42.6 Å². The molecule has 0 spiro atoms. The number of thioether (sulfide) groups is 1. The topological polar surface area (TPSA) is 60.2 Å². The van der Waals surface area contributed by atoms with E-state index in [4.69, 9.17) is 9.72 Å². The SMILES string of the molecule is CCn1ncc2c(C(=O)N(C[C@H]3CCCO3)[C@@H]3CCSC3)cc(-c3ccccc3)nc21. The quantitative estimate of drug-likeness (QED) is 0.578. The van der Waals surface area contributed by atoms with Gasteiger partial charge in [-0.05, 0) is 38.0 Å². The van der Waals surface area contributed by atoms with Crippen molar-refractivity contribution >= 4 is 28.7 Å². The Morgan fingerprint density at radius 3 is 2.87 bits per heavy atom. The minimum atomic E-state index is 0.0724. The van der Waals surface area contributed by atoms with Crippen LogP contribution in [0.5, 0.6) is 0 Å². The van der Waals surface area contributed by atoms with Crippen LogP contribution in [0.2, 0.25) is 0 Å². The second kappa shape index (κ2) is 9.01. The lowest BCUT2D eigenvalue weighted by atomic mass is 10.0. The van der Waals surface area contributed by atoms with E-state index in [2.05, 4.69) is 10.00 Å². The Kier molecular flexibility index (Phi) is 5.96. The summed E-state index contributed by atoms with van der Waals surface area (Å²) in [6.45, 7) is 4.22. The van der Waals surface area contributed by atoms with E-state index in [1.54, 1.807) is 6.20 Å². The second-order valence-corrected chi connectivity index (χ2v) is 9.38. The van der Waals surface area contributed by atoms with Crippen LogP contribution in [-0.4, -0.2) is 62.4 Å². The van der Waals surface area contributed by atoms with Crippen molar-refractivity contribution in [2.45, 2.75) is 44.9 Å². The first-order valence-corrected chi connectivity index (χ1v) is 12.3. The van der Waals surface area contributed by atoms with Gasteiger partial charge in [-0.3, -0.25) is 4.79 Å². The van der Waals surface area contributed by atoms with Crippen molar-refractivity contribution in [2.75, 3.05) is 24.7 Å². The van der Waals surface area contributed by atoms with E-state index in [9.17, 15) is 4.79 Å². The highest BCUT2D eigenvalue weighted by atomic mass is 32.2. The molecule has 0 N–H and O–H groups in total. The van der Waals surface area contributed by atoms with Gasteiger partial charge in [0.25, 0.3) is 5.91 Å². The van der Waals surface area contributed by atoms with E-state index < -0.39 is 0 Å². The zero-order valence-electron chi connectivity index (χ0n) is 17.9. The molecule has 1 aromatic carbocycles. The third-order valence-corrected chi connectivity index (χ3v) is 7.39. The number of aryl methyl sites for hydroxylation is 1. The standard InChI is InChI=1S/C24H28N4O2S/c1-2-28-23-21(14-25-28)20(13-22(26-23)17-7-4-3-5-8-17)24(29)27(18-10-12-31-16-18)15-19-9-6-11-30-19/h3-5,7-8,13-14,18-19H,2,6,9-12,15-16H2,1H3/t18-,19-/m1/s1. The first-order valence-electron chi connectivity index (χ1n) is 11.2. The van der Waals surface area contributed by atoms with Crippen LogP contribution < -0.4 is 0 Å². The Morgan fingerprint density at radius 1 is 1.29 bits per heavy atom. The van der Waals surface area contributed by atoms with E-state index in [1.807, 2.05) is 59.8 Å². The number of hydrogen-bond acceptors (Lipinski definition) is 5. The highest BCUT2D eigenvalue weighted by molar-refractivity contribution is 7.99. The van der Waals surface area contributed by atoms with Gasteiger partial charge in [0.2, 0.25) is 0 Å². The maximum atomic E-state index is 14.0. The van der Waals surface area contributed by atoms with Crippen LogP contribution >= 0.6 is 11.8 Å². The first kappa shape index (κ1) is 20.5. The maximum absolute atomic E-state index is 14.0. The fourth-order valence-corrected chi connectivity index (χ4v) is 5.77. The van der Waals surface area contributed by atoms with Gasteiger partial charge < -0.3 is 9.64 Å². The van der Waals surface area contributed by atoms with Crippen molar-refractivity contribution in [3.63, 3.8) is 0 Å². The Hall–Kier alpha value is -2.38. The highest BCUT2D eigenvalue weighted by Crippen LogP contribution is 2.30. The molecule has 0 bridgehead atoms. The number of ether oxygens (including phenoxy) is 1. The number of rotatable bonds is 6. The molecule has 7 heteroatoms. The van der Waals surface area contributed by atoms with Gasteiger partial charge in [0, 0.05) is 37.1 Å². The Balaban J connectivity index is 1.59. The fourth-order valence-electron chi connectivity index (χ4n) is 4.54. The molecule has 4 heterocycles. The summed E-state index contributed by atoms with van der Waals surface area (Å²) in [5, 5.41) is 5.33. The third-order valence-electron chi connectivity index (χ3n) is 6.24. The van der Waals surface area contributed by atoms with Gasteiger partial charge in [-0.1, -0.05) is 30.3 Å². The summed E-state index contributed by atoms with van der Waals surface area (Å²) < 4.78 is 7.77. The largest absolute Gasteiger partial charge is 0.376 e. The van der Waals surface area contributed by atoms with Gasteiger partial charge in [-0.25, -0.2) is 9.67 Å². The molecule has 0 radical (unpaired) electrons. The minimum absolute atomic E-state index is 0.0724.